The fourth-order valence-corrected chi connectivity index (χ4v) is 3.35. The van der Waals surface area contributed by atoms with Gasteiger partial charge in [-0.25, -0.2) is 9.48 Å². The summed E-state index contributed by atoms with van der Waals surface area (Å²) in [5.41, 5.74) is 1.44. The second-order valence-electron chi connectivity index (χ2n) is 7.48. The van der Waals surface area contributed by atoms with Crippen molar-refractivity contribution in [2.75, 3.05) is 11.9 Å². The van der Waals surface area contributed by atoms with Crippen LogP contribution < -0.4 is 10.9 Å². The lowest BCUT2D eigenvalue weighted by Crippen LogP contribution is -2.28. The topological polar surface area (TPSA) is 90.3 Å². The van der Waals surface area contributed by atoms with Gasteiger partial charge < -0.3 is 10.1 Å². The molecule has 2 aromatic carbocycles. The van der Waals surface area contributed by atoms with Gasteiger partial charge >= 0.3 is 5.97 Å². The normalized spacial score (nSPS) is 10.8. The highest BCUT2D eigenvalue weighted by molar-refractivity contribution is 6.03. The Hall–Kier alpha value is -3.48. The SMILES string of the molecule is CCCCCCn1nc(C(=O)OCC(=O)Nc2cccc(C)c2)c2ccccc2c1=O. The molecule has 0 unspecified atom stereocenters. The zero-order chi connectivity index (χ0) is 22.2. The summed E-state index contributed by atoms with van der Waals surface area (Å²) in [6, 6.07) is 14.1. The number of aryl methyl sites for hydroxylation is 2. The van der Waals surface area contributed by atoms with Crippen LogP contribution in [-0.2, 0) is 16.1 Å². The first-order chi connectivity index (χ1) is 15.0. The Morgan fingerprint density at radius 1 is 1.03 bits per heavy atom. The predicted octanol–water partition coefficient (Wildman–Crippen LogP) is 4.08. The number of hydrogen-bond acceptors (Lipinski definition) is 5. The van der Waals surface area contributed by atoms with Crippen LogP contribution in [0.1, 0.15) is 48.7 Å². The minimum Gasteiger partial charge on any atom is -0.451 e. The van der Waals surface area contributed by atoms with Gasteiger partial charge in [-0.1, -0.05) is 56.5 Å². The summed E-state index contributed by atoms with van der Waals surface area (Å²) in [6.07, 6.45) is 3.94. The minimum atomic E-state index is -0.738. The van der Waals surface area contributed by atoms with Crippen LogP contribution in [0.15, 0.2) is 53.3 Å². The van der Waals surface area contributed by atoms with Crippen molar-refractivity contribution in [2.24, 2.45) is 0 Å². The maximum atomic E-state index is 12.7. The highest BCUT2D eigenvalue weighted by Gasteiger charge is 2.19. The number of anilines is 1. The molecule has 0 fully saturated rings. The van der Waals surface area contributed by atoms with E-state index in [4.69, 9.17) is 4.74 Å². The number of fused-ring (bicyclic) bond motifs is 1. The number of carbonyl (C=O) groups excluding carboxylic acids is 2. The standard InChI is InChI=1S/C24H27N3O4/c1-3-4-5-8-14-27-23(29)20-13-7-6-12-19(20)22(26-27)24(30)31-16-21(28)25-18-11-9-10-17(2)15-18/h6-7,9-13,15H,3-5,8,14,16H2,1-2H3,(H,25,28). The van der Waals surface area contributed by atoms with Gasteiger partial charge in [0.25, 0.3) is 11.5 Å². The average molecular weight is 421 g/mol. The number of unbranched alkanes of at least 4 members (excludes halogenated alkanes) is 3. The van der Waals surface area contributed by atoms with Gasteiger partial charge in [0.05, 0.1) is 5.39 Å². The van der Waals surface area contributed by atoms with Crippen molar-refractivity contribution in [1.29, 1.82) is 0 Å². The first kappa shape index (κ1) is 22.2. The highest BCUT2D eigenvalue weighted by Crippen LogP contribution is 2.15. The quantitative estimate of drug-likeness (QED) is 0.415. The number of carbonyl (C=O) groups is 2. The number of aromatic nitrogens is 2. The van der Waals surface area contributed by atoms with Crippen molar-refractivity contribution in [3.05, 3.63) is 70.1 Å². The van der Waals surface area contributed by atoms with E-state index in [1.54, 1.807) is 30.3 Å². The van der Waals surface area contributed by atoms with Crippen molar-refractivity contribution in [3.63, 3.8) is 0 Å². The van der Waals surface area contributed by atoms with E-state index >= 15 is 0 Å². The fraction of sp³-hybridized carbons (Fsp3) is 0.333. The van der Waals surface area contributed by atoms with Gasteiger partial charge in [0, 0.05) is 17.6 Å². The third-order valence-electron chi connectivity index (χ3n) is 4.92. The molecule has 0 aliphatic rings. The van der Waals surface area contributed by atoms with Crippen molar-refractivity contribution < 1.29 is 14.3 Å². The van der Waals surface area contributed by atoms with Gasteiger partial charge in [-0.2, -0.15) is 5.10 Å². The van der Waals surface area contributed by atoms with Crippen molar-refractivity contribution in [2.45, 2.75) is 46.1 Å². The smallest absolute Gasteiger partial charge is 0.359 e. The molecule has 3 rings (SSSR count). The number of hydrogen-bond donors (Lipinski definition) is 1. The molecular formula is C24H27N3O4. The van der Waals surface area contributed by atoms with Crippen LogP contribution in [0.25, 0.3) is 10.8 Å². The van der Waals surface area contributed by atoms with Gasteiger partial charge in [0.2, 0.25) is 0 Å². The molecule has 3 aromatic rings. The van der Waals surface area contributed by atoms with Crippen LogP contribution >= 0.6 is 0 Å². The Bertz CT molecular complexity index is 1140. The Morgan fingerprint density at radius 2 is 1.81 bits per heavy atom. The molecule has 162 valence electrons. The van der Waals surface area contributed by atoms with Crippen LogP contribution in [0.3, 0.4) is 0 Å². The van der Waals surface area contributed by atoms with E-state index in [2.05, 4.69) is 17.3 Å². The van der Waals surface area contributed by atoms with Crippen LogP contribution in [0.4, 0.5) is 5.69 Å². The molecule has 1 N–H and O–H groups in total. The maximum absolute atomic E-state index is 12.7. The third kappa shape index (κ3) is 5.78. The molecule has 1 aromatic heterocycles. The summed E-state index contributed by atoms with van der Waals surface area (Å²) in [4.78, 5) is 37.7. The number of nitrogens with one attached hydrogen (secondary N) is 1. The molecule has 1 amide bonds. The van der Waals surface area contributed by atoms with E-state index in [9.17, 15) is 14.4 Å². The second kappa shape index (κ2) is 10.5. The van der Waals surface area contributed by atoms with E-state index < -0.39 is 18.5 Å². The van der Waals surface area contributed by atoms with Gasteiger partial charge in [-0.15, -0.1) is 0 Å². The first-order valence-electron chi connectivity index (χ1n) is 10.5. The third-order valence-corrected chi connectivity index (χ3v) is 4.92. The maximum Gasteiger partial charge on any atom is 0.359 e. The Morgan fingerprint density at radius 3 is 2.55 bits per heavy atom. The summed E-state index contributed by atoms with van der Waals surface area (Å²) in [6.45, 7) is 4.02. The van der Waals surface area contributed by atoms with Gasteiger partial charge in [0.1, 0.15) is 0 Å². The van der Waals surface area contributed by atoms with Crippen LogP contribution in [0, 0.1) is 6.92 Å². The lowest BCUT2D eigenvalue weighted by molar-refractivity contribution is -0.119. The number of nitrogens with zero attached hydrogens (tertiary/aromatic N) is 2. The number of ether oxygens (including phenoxy) is 1. The highest BCUT2D eigenvalue weighted by atomic mass is 16.5. The minimum absolute atomic E-state index is 0.0362. The summed E-state index contributed by atoms with van der Waals surface area (Å²) < 4.78 is 6.53. The zero-order valence-electron chi connectivity index (χ0n) is 17.9. The summed E-state index contributed by atoms with van der Waals surface area (Å²) in [5, 5.41) is 7.79. The summed E-state index contributed by atoms with van der Waals surface area (Å²) >= 11 is 0. The Balaban J connectivity index is 1.75. The van der Waals surface area contributed by atoms with Crippen molar-refractivity contribution in [1.82, 2.24) is 9.78 Å². The molecule has 0 saturated heterocycles. The van der Waals surface area contributed by atoms with Crippen LogP contribution in [0.2, 0.25) is 0 Å². The molecule has 0 aliphatic heterocycles. The largest absolute Gasteiger partial charge is 0.451 e. The number of amides is 1. The molecular weight excluding hydrogens is 394 g/mol. The van der Waals surface area contributed by atoms with Gasteiger partial charge in [-0.05, 0) is 37.1 Å². The predicted molar refractivity (Wildman–Crippen MR) is 120 cm³/mol. The Kier molecular flexibility index (Phi) is 7.54. The monoisotopic (exact) mass is 421 g/mol. The fourth-order valence-electron chi connectivity index (χ4n) is 3.35. The summed E-state index contributed by atoms with van der Waals surface area (Å²) in [5.74, 6) is -1.19. The van der Waals surface area contributed by atoms with Crippen LogP contribution in [-0.4, -0.2) is 28.3 Å². The van der Waals surface area contributed by atoms with E-state index in [0.717, 1.165) is 31.2 Å². The molecule has 1 heterocycles. The zero-order valence-corrected chi connectivity index (χ0v) is 17.9. The number of rotatable bonds is 9. The second-order valence-corrected chi connectivity index (χ2v) is 7.48. The van der Waals surface area contributed by atoms with E-state index in [1.165, 1.54) is 4.68 Å². The summed E-state index contributed by atoms with van der Waals surface area (Å²) in [7, 11) is 0. The van der Waals surface area contributed by atoms with Gasteiger partial charge in [-0.3, -0.25) is 9.59 Å². The van der Waals surface area contributed by atoms with Crippen molar-refractivity contribution >= 4 is 28.3 Å². The molecule has 0 bridgehead atoms. The van der Waals surface area contributed by atoms with E-state index in [1.807, 2.05) is 25.1 Å². The molecule has 31 heavy (non-hydrogen) atoms. The average Bonchev–Trinajstić information content (AvgIpc) is 2.76. The number of benzene rings is 2. The molecule has 7 heteroatoms. The molecule has 0 atom stereocenters. The molecule has 0 radical (unpaired) electrons. The lowest BCUT2D eigenvalue weighted by Gasteiger charge is -2.11. The van der Waals surface area contributed by atoms with Crippen LogP contribution in [0.5, 0.6) is 0 Å². The molecule has 0 saturated carbocycles. The van der Waals surface area contributed by atoms with Crippen molar-refractivity contribution in [3.8, 4) is 0 Å². The first-order valence-corrected chi connectivity index (χ1v) is 10.5. The lowest BCUT2D eigenvalue weighted by atomic mass is 10.1. The Labute approximate surface area is 181 Å². The van der Waals surface area contributed by atoms with Gasteiger partial charge in [0.15, 0.2) is 12.3 Å². The number of esters is 1. The molecule has 0 aliphatic carbocycles. The van der Waals surface area contributed by atoms with E-state index in [-0.39, 0.29) is 11.3 Å². The molecule has 0 spiro atoms. The van der Waals surface area contributed by atoms with E-state index in [0.29, 0.717) is 23.0 Å². The molecule has 7 nitrogen and oxygen atoms in total.